The zero-order valence-electron chi connectivity index (χ0n) is 12.0. The Bertz CT molecular complexity index is 915. The van der Waals surface area contributed by atoms with E-state index in [2.05, 4.69) is 4.98 Å². The first-order chi connectivity index (χ1) is 11.0. The lowest BCUT2D eigenvalue weighted by Crippen LogP contribution is -2.03. The maximum atomic E-state index is 11.9. The monoisotopic (exact) mass is 347 g/mol. The summed E-state index contributed by atoms with van der Waals surface area (Å²) in [5.74, 6) is 0.415. The van der Waals surface area contributed by atoms with Crippen LogP contribution >= 0.6 is 23.2 Å². The van der Waals surface area contributed by atoms with E-state index in [9.17, 15) is 4.79 Å². The zero-order valence-corrected chi connectivity index (χ0v) is 13.6. The highest BCUT2D eigenvalue weighted by atomic mass is 35.5. The first-order valence-electron chi connectivity index (χ1n) is 6.73. The fourth-order valence-corrected chi connectivity index (χ4v) is 2.50. The summed E-state index contributed by atoms with van der Waals surface area (Å²) in [6, 6.07) is 10.0. The molecule has 0 fully saturated rings. The number of aromatic nitrogens is 1. The van der Waals surface area contributed by atoms with E-state index >= 15 is 0 Å². The Labute approximate surface area is 142 Å². The fraction of sp³-hybridized carbons (Fsp3) is 0.0588. The van der Waals surface area contributed by atoms with Gasteiger partial charge >= 0.3 is 5.97 Å². The van der Waals surface area contributed by atoms with E-state index in [4.69, 9.17) is 32.4 Å². The lowest BCUT2D eigenvalue weighted by molar-refractivity contribution is -0.128. The lowest BCUT2D eigenvalue weighted by atomic mass is 10.2. The smallest absolute Gasteiger partial charge is 0.336 e. The molecule has 3 rings (SSSR count). The third kappa shape index (κ3) is 3.73. The Morgan fingerprint density at radius 3 is 2.83 bits per heavy atom. The quantitative estimate of drug-likeness (QED) is 0.377. The number of rotatable bonds is 3. The average molecular weight is 348 g/mol. The molecule has 1 aromatic heterocycles. The van der Waals surface area contributed by atoms with Crippen molar-refractivity contribution in [3.05, 3.63) is 64.0 Å². The van der Waals surface area contributed by atoms with Crippen LogP contribution in [0.1, 0.15) is 11.5 Å². The van der Waals surface area contributed by atoms with Gasteiger partial charge in [-0.15, -0.1) is 0 Å². The number of carbonyl (C=O) groups excluding carboxylic acids is 1. The Morgan fingerprint density at radius 1 is 1.22 bits per heavy atom. The van der Waals surface area contributed by atoms with Gasteiger partial charge in [-0.25, -0.2) is 9.78 Å². The van der Waals surface area contributed by atoms with Crippen molar-refractivity contribution in [3.8, 4) is 5.75 Å². The Balaban J connectivity index is 1.73. The molecule has 0 N–H and O–H groups in total. The van der Waals surface area contributed by atoms with Gasteiger partial charge in [-0.05, 0) is 35.9 Å². The second-order valence-electron chi connectivity index (χ2n) is 4.78. The van der Waals surface area contributed by atoms with Crippen molar-refractivity contribution in [1.29, 1.82) is 0 Å². The molecule has 6 heteroatoms. The Kier molecular flexibility index (Phi) is 4.37. The highest BCUT2D eigenvalue weighted by Gasteiger charge is 2.06. The van der Waals surface area contributed by atoms with E-state index in [0.29, 0.717) is 38.3 Å². The van der Waals surface area contributed by atoms with Gasteiger partial charge in [-0.2, -0.15) is 0 Å². The van der Waals surface area contributed by atoms with Crippen molar-refractivity contribution in [3.63, 3.8) is 0 Å². The summed E-state index contributed by atoms with van der Waals surface area (Å²) in [6.45, 7) is 1.75. The maximum absolute atomic E-state index is 11.9. The van der Waals surface area contributed by atoms with Gasteiger partial charge in [0.1, 0.15) is 11.3 Å². The summed E-state index contributed by atoms with van der Waals surface area (Å²) >= 11 is 11.9. The van der Waals surface area contributed by atoms with Crippen LogP contribution in [0.25, 0.3) is 17.2 Å². The molecule has 0 radical (unpaired) electrons. The first kappa shape index (κ1) is 15.6. The minimum atomic E-state index is -0.522. The van der Waals surface area contributed by atoms with Crippen LogP contribution in [0.3, 0.4) is 0 Å². The highest BCUT2D eigenvalue weighted by Crippen LogP contribution is 2.23. The number of carbonyl (C=O) groups is 1. The lowest BCUT2D eigenvalue weighted by Gasteiger charge is -2.01. The van der Waals surface area contributed by atoms with Crippen molar-refractivity contribution in [1.82, 2.24) is 4.98 Å². The molecule has 4 nitrogen and oxygen atoms in total. The van der Waals surface area contributed by atoms with E-state index in [1.807, 2.05) is 0 Å². The molecule has 2 aromatic carbocycles. The summed E-state index contributed by atoms with van der Waals surface area (Å²) in [6.07, 6.45) is 2.86. The van der Waals surface area contributed by atoms with Crippen LogP contribution in [-0.4, -0.2) is 11.0 Å². The number of esters is 1. The molecule has 0 saturated heterocycles. The van der Waals surface area contributed by atoms with E-state index in [0.717, 1.165) is 0 Å². The van der Waals surface area contributed by atoms with Crippen LogP contribution in [0.15, 0.2) is 46.9 Å². The molecule has 0 bridgehead atoms. The molecule has 0 unspecified atom stereocenters. The van der Waals surface area contributed by atoms with Crippen molar-refractivity contribution >= 4 is 46.3 Å². The highest BCUT2D eigenvalue weighted by molar-refractivity contribution is 6.35. The molecule has 116 valence electrons. The van der Waals surface area contributed by atoms with Crippen LogP contribution in [0.4, 0.5) is 0 Å². The predicted molar refractivity (Wildman–Crippen MR) is 89.9 cm³/mol. The number of aryl methyl sites for hydroxylation is 1. The molecule has 1 heterocycles. The van der Waals surface area contributed by atoms with E-state index < -0.39 is 5.97 Å². The first-order valence-corrected chi connectivity index (χ1v) is 7.49. The van der Waals surface area contributed by atoms with Gasteiger partial charge < -0.3 is 9.15 Å². The second-order valence-corrected chi connectivity index (χ2v) is 5.63. The topological polar surface area (TPSA) is 52.3 Å². The van der Waals surface area contributed by atoms with Crippen LogP contribution in [-0.2, 0) is 4.79 Å². The third-order valence-electron chi connectivity index (χ3n) is 3.05. The molecule has 23 heavy (non-hydrogen) atoms. The molecular formula is C17H11Cl2NO3. The molecule has 0 atom stereocenters. The van der Waals surface area contributed by atoms with Gasteiger partial charge in [0.2, 0.25) is 0 Å². The van der Waals surface area contributed by atoms with Gasteiger partial charge in [0.15, 0.2) is 11.5 Å². The zero-order chi connectivity index (χ0) is 16.4. The molecule has 0 aliphatic carbocycles. The number of fused-ring (bicyclic) bond motifs is 1. The normalized spacial score (nSPS) is 11.3. The minimum Gasteiger partial charge on any atom is -0.441 e. The number of halogens is 2. The van der Waals surface area contributed by atoms with Gasteiger partial charge in [-0.3, -0.25) is 0 Å². The number of nitrogens with zero attached hydrogens (tertiary/aromatic N) is 1. The van der Waals surface area contributed by atoms with E-state index in [1.54, 1.807) is 49.4 Å². The van der Waals surface area contributed by atoms with Crippen LogP contribution in [0.2, 0.25) is 10.0 Å². The fourth-order valence-electron chi connectivity index (χ4n) is 2.03. The van der Waals surface area contributed by atoms with E-state index in [-0.39, 0.29) is 0 Å². The summed E-state index contributed by atoms with van der Waals surface area (Å²) in [5, 5.41) is 0.991. The molecule has 0 aliphatic rings. The van der Waals surface area contributed by atoms with Crippen LogP contribution in [0.5, 0.6) is 5.75 Å². The standard InChI is InChI=1S/C17H11Cl2NO3/c1-10-20-15-6-5-13(9-16(15)22-10)23-17(21)7-3-11-2-4-12(18)8-14(11)19/h2-9H,1H3/b7-3+. The van der Waals surface area contributed by atoms with Gasteiger partial charge in [-0.1, -0.05) is 29.3 Å². The number of ether oxygens (including phenoxy) is 1. The Morgan fingerprint density at radius 2 is 2.04 bits per heavy atom. The predicted octanol–water partition coefficient (Wildman–Crippen LogP) is 5.06. The molecule has 0 spiro atoms. The van der Waals surface area contributed by atoms with Crippen LogP contribution < -0.4 is 4.74 Å². The van der Waals surface area contributed by atoms with Crippen LogP contribution in [0, 0.1) is 6.92 Å². The molecule has 0 aliphatic heterocycles. The summed E-state index contributed by atoms with van der Waals surface area (Å²) in [4.78, 5) is 16.1. The third-order valence-corrected chi connectivity index (χ3v) is 3.61. The van der Waals surface area contributed by atoms with E-state index in [1.165, 1.54) is 6.08 Å². The Hall–Kier alpha value is -2.30. The maximum Gasteiger partial charge on any atom is 0.336 e. The van der Waals surface area contributed by atoms with Gasteiger partial charge in [0.25, 0.3) is 0 Å². The molecule has 0 saturated carbocycles. The average Bonchev–Trinajstić information content (AvgIpc) is 2.85. The molecular weight excluding hydrogens is 337 g/mol. The van der Waals surface area contributed by atoms with Gasteiger partial charge in [0, 0.05) is 29.1 Å². The largest absolute Gasteiger partial charge is 0.441 e. The summed E-state index contributed by atoms with van der Waals surface area (Å²) < 4.78 is 10.6. The second kappa shape index (κ2) is 6.44. The van der Waals surface area contributed by atoms with Gasteiger partial charge in [0.05, 0.1) is 0 Å². The number of hydrogen-bond donors (Lipinski definition) is 0. The molecule has 0 amide bonds. The SMILES string of the molecule is Cc1nc2ccc(OC(=O)/C=C/c3ccc(Cl)cc3Cl)cc2o1. The summed E-state index contributed by atoms with van der Waals surface area (Å²) in [7, 11) is 0. The van der Waals surface area contributed by atoms with Crippen molar-refractivity contribution in [2.45, 2.75) is 6.92 Å². The molecule has 3 aromatic rings. The van der Waals surface area contributed by atoms with Crippen molar-refractivity contribution < 1.29 is 13.9 Å². The van der Waals surface area contributed by atoms with Crippen molar-refractivity contribution in [2.75, 3.05) is 0 Å². The van der Waals surface area contributed by atoms with Crippen molar-refractivity contribution in [2.24, 2.45) is 0 Å². The minimum absolute atomic E-state index is 0.380. The number of oxazole rings is 1. The summed E-state index contributed by atoms with van der Waals surface area (Å²) in [5.41, 5.74) is 1.96. The number of hydrogen-bond acceptors (Lipinski definition) is 4. The number of benzene rings is 2.